The first kappa shape index (κ1) is 37.9. The van der Waals surface area contributed by atoms with Crippen LogP contribution < -0.4 is 20.5 Å². The lowest BCUT2D eigenvalue weighted by atomic mass is 9.92. The van der Waals surface area contributed by atoms with Crippen LogP contribution in [0, 0.1) is 5.92 Å². The summed E-state index contributed by atoms with van der Waals surface area (Å²) in [6.45, 7) is 8.12. The van der Waals surface area contributed by atoms with Gasteiger partial charge in [-0.25, -0.2) is 0 Å². The molecule has 7 heterocycles. The average Bonchev–Trinajstić information content (AvgIpc) is 3.45. The molecule has 1 unspecified atom stereocenters. The van der Waals surface area contributed by atoms with Crippen LogP contribution in [0.3, 0.4) is 0 Å². The van der Waals surface area contributed by atoms with Crippen LogP contribution in [0.25, 0.3) is 21.9 Å². The average molecular weight is 790 g/mol. The fourth-order valence-corrected chi connectivity index (χ4v) is 9.06. The normalized spacial score (nSPS) is 21.1. The quantitative estimate of drug-likeness (QED) is 0.200. The number of anilines is 1. The van der Waals surface area contributed by atoms with Gasteiger partial charge in [0, 0.05) is 93.1 Å². The third-order valence-corrected chi connectivity index (χ3v) is 12.7. The van der Waals surface area contributed by atoms with Crippen LogP contribution in [-0.2, 0) is 20.9 Å². The fourth-order valence-electron chi connectivity index (χ4n) is 9.06. The molecule has 3 N–H and O–H groups in total. The Morgan fingerprint density at radius 3 is 2.34 bits per heavy atom. The summed E-state index contributed by atoms with van der Waals surface area (Å²) < 4.78 is 11.2. The van der Waals surface area contributed by atoms with E-state index in [1.165, 1.54) is 0 Å². The summed E-state index contributed by atoms with van der Waals surface area (Å²) in [7, 11) is 1.61. The van der Waals surface area contributed by atoms with Crippen molar-refractivity contribution >= 4 is 40.1 Å². The molecule has 2 aromatic carbocycles. The molecule has 0 saturated carbocycles. The highest BCUT2D eigenvalue weighted by Crippen LogP contribution is 2.38. The van der Waals surface area contributed by atoms with Crippen molar-refractivity contribution in [2.24, 2.45) is 5.92 Å². The molecule has 58 heavy (non-hydrogen) atoms. The summed E-state index contributed by atoms with van der Waals surface area (Å²) >= 11 is 0. The van der Waals surface area contributed by atoms with Gasteiger partial charge in [-0.1, -0.05) is 0 Å². The highest BCUT2D eigenvalue weighted by atomic mass is 16.5. The zero-order valence-electron chi connectivity index (χ0n) is 32.5. The summed E-state index contributed by atoms with van der Waals surface area (Å²) in [5.74, 6) is -0.429. The first-order valence-electron chi connectivity index (χ1n) is 20.2. The molecule has 0 spiro atoms. The Hall–Kier alpha value is -5.64. The van der Waals surface area contributed by atoms with Gasteiger partial charge in [0.25, 0.3) is 17.4 Å². The number of fused-ring (bicyclic) bond motifs is 2. The largest absolute Gasteiger partial charge is 0.507 e. The monoisotopic (exact) mass is 789 g/mol. The maximum Gasteiger partial charge on any atom is 0.262 e. The van der Waals surface area contributed by atoms with Gasteiger partial charge in [-0.2, -0.15) is 0 Å². The number of phenols is 1. The Labute approximate surface area is 334 Å². The third kappa shape index (κ3) is 7.11. The molecule has 15 heteroatoms. The summed E-state index contributed by atoms with van der Waals surface area (Å²) in [6, 6.07) is 10.0. The van der Waals surface area contributed by atoms with Gasteiger partial charge < -0.3 is 29.4 Å². The lowest BCUT2D eigenvalue weighted by molar-refractivity contribution is -0.136. The molecule has 5 aliphatic rings. The van der Waals surface area contributed by atoms with Crippen molar-refractivity contribution in [1.82, 2.24) is 30.0 Å². The number of nitrogens with zero attached hydrogens (tertiary/aromatic N) is 5. The maximum atomic E-state index is 13.3. The highest BCUT2D eigenvalue weighted by molar-refractivity contribution is 6.23. The first-order valence-corrected chi connectivity index (χ1v) is 20.2. The summed E-state index contributed by atoms with van der Waals surface area (Å²) in [6.07, 6.45) is 6.70. The van der Waals surface area contributed by atoms with Crippen molar-refractivity contribution in [2.45, 2.75) is 50.6 Å². The van der Waals surface area contributed by atoms with Crippen LogP contribution in [0.2, 0.25) is 0 Å². The Kier molecular flexibility index (Phi) is 10.2. The molecule has 4 saturated heterocycles. The standard InChI is InChI=1S/C43H47N7O8/c1-57-38-17-26(32-20-45-40(53)33-21-44-35(19-30(32)33)27-23-58-24-27)16-37(51)34(38)22-48-14-12-47(13-15-48)9-6-25-7-10-49(11-8-25)28-2-3-29-31(18-28)43(56)50(42(29)55)36-4-5-39(52)46-41(36)54/h2-3,16-21,25,27,36,51H,4-15,22-24H2,1H3,(H,45,53)(H,46,52,54). The van der Waals surface area contributed by atoms with Gasteiger partial charge in [0.15, 0.2) is 0 Å². The second-order valence-corrected chi connectivity index (χ2v) is 16.1. The van der Waals surface area contributed by atoms with Crippen LogP contribution in [0.4, 0.5) is 5.69 Å². The van der Waals surface area contributed by atoms with E-state index in [1.54, 1.807) is 37.7 Å². The molecule has 2 aromatic heterocycles. The number of ether oxygens (including phenoxy) is 2. The number of benzene rings is 2. The molecule has 0 radical (unpaired) electrons. The number of aromatic nitrogens is 2. The minimum atomic E-state index is -0.973. The number of aromatic hydroxyl groups is 1. The minimum absolute atomic E-state index is 0.0914. The first-order chi connectivity index (χ1) is 28.1. The van der Waals surface area contributed by atoms with E-state index in [0.29, 0.717) is 47.9 Å². The number of phenolic OH excluding ortho intramolecular Hbond substituents is 1. The van der Waals surface area contributed by atoms with E-state index in [-0.39, 0.29) is 30.1 Å². The second-order valence-electron chi connectivity index (χ2n) is 16.1. The van der Waals surface area contributed by atoms with Gasteiger partial charge in [0.1, 0.15) is 17.5 Å². The number of nitrogens with one attached hydrogen (secondary N) is 2. The van der Waals surface area contributed by atoms with Crippen molar-refractivity contribution in [3.8, 4) is 22.6 Å². The van der Waals surface area contributed by atoms with Crippen molar-refractivity contribution in [3.05, 3.63) is 81.5 Å². The predicted octanol–water partition coefficient (Wildman–Crippen LogP) is 3.24. The summed E-state index contributed by atoms with van der Waals surface area (Å²) in [4.78, 5) is 78.7. The van der Waals surface area contributed by atoms with Crippen molar-refractivity contribution in [3.63, 3.8) is 0 Å². The molecular weight excluding hydrogens is 743 g/mol. The Morgan fingerprint density at radius 1 is 0.862 bits per heavy atom. The molecule has 4 aromatic rings. The molecule has 9 rings (SSSR count). The number of H-pyrrole nitrogens is 1. The smallest absolute Gasteiger partial charge is 0.262 e. The minimum Gasteiger partial charge on any atom is -0.507 e. The van der Waals surface area contributed by atoms with Crippen molar-refractivity contribution in [2.75, 3.05) is 71.0 Å². The molecular formula is C43H47N7O8. The zero-order chi connectivity index (χ0) is 40.1. The molecule has 4 fully saturated rings. The van der Waals surface area contributed by atoms with Crippen LogP contribution in [-0.4, -0.2) is 126 Å². The number of amides is 4. The number of imide groups is 2. The van der Waals surface area contributed by atoms with Gasteiger partial charge in [0.05, 0.1) is 36.8 Å². The number of aromatic amines is 1. The zero-order valence-corrected chi connectivity index (χ0v) is 32.5. The number of pyridine rings is 2. The molecule has 15 nitrogen and oxygen atoms in total. The maximum absolute atomic E-state index is 13.3. The third-order valence-electron chi connectivity index (χ3n) is 12.7. The second kappa shape index (κ2) is 15.6. The van der Waals surface area contributed by atoms with Crippen LogP contribution in [0.5, 0.6) is 11.5 Å². The van der Waals surface area contributed by atoms with Gasteiger partial charge >= 0.3 is 0 Å². The summed E-state index contributed by atoms with van der Waals surface area (Å²) in [5.41, 5.74) is 4.45. The highest BCUT2D eigenvalue weighted by Gasteiger charge is 2.45. The van der Waals surface area contributed by atoms with Crippen molar-refractivity contribution in [1.29, 1.82) is 0 Å². The fraction of sp³-hybridized carbons (Fsp3) is 0.442. The number of piperidine rings is 2. The van der Waals surface area contributed by atoms with E-state index < -0.39 is 29.7 Å². The van der Waals surface area contributed by atoms with E-state index in [0.717, 1.165) is 103 Å². The molecule has 302 valence electrons. The number of methoxy groups -OCH3 is 1. The number of carbonyl (C=O) groups is 4. The van der Waals surface area contributed by atoms with Crippen LogP contribution >= 0.6 is 0 Å². The van der Waals surface area contributed by atoms with Gasteiger partial charge in [-0.15, -0.1) is 0 Å². The SMILES string of the molecule is COc1cc(-c2c[nH]c(=O)c3cnc(C4COC4)cc23)cc(O)c1CN1CCN(CCC2CCN(c3ccc4c(c3)C(=O)N(C3CCC(=O)NC3=O)C4=O)CC2)CC1. The van der Waals surface area contributed by atoms with Gasteiger partial charge in [-0.3, -0.25) is 44.1 Å². The predicted molar refractivity (Wildman–Crippen MR) is 214 cm³/mol. The molecule has 1 atom stereocenters. The van der Waals surface area contributed by atoms with Gasteiger partial charge in [-0.05, 0) is 85.5 Å². The molecule has 0 aliphatic carbocycles. The lowest BCUT2D eigenvalue weighted by Crippen LogP contribution is -2.54. The van der Waals surface area contributed by atoms with Gasteiger partial charge in [0.2, 0.25) is 11.8 Å². The Balaban J connectivity index is 0.769. The lowest BCUT2D eigenvalue weighted by Gasteiger charge is -2.37. The van der Waals surface area contributed by atoms with E-state index in [1.807, 2.05) is 18.2 Å². The summed E-state index contributed by atoms with van der Waals surface area (Å²) in [5, 5.41) is 14.9. The molecule has 4 amide bonds. The van der Waals surface area contributed by atoms with E-state index >= 15 is 0 Å². The van der Waals surface area contributed by atoms with Crippen molar-refractivity contribution < 1.29 is 33.8 Å². The topological polar surface area (TPSA) is 178 Å². The van der Waals surface area contributed by atoms with Crippen LogP contribution in [0.15, 0.2) is 53.6 Å². The molecule has 5 aliphatic heterocycles. The Morgan fingerprint density at radius 2 is 1.62 bits per heavy atom. The van der Waals surface area contributed by atoms with E-state index in [9.17, 15) is 29.1 Å². The van der Waals surface area contributed by atoms with E-state index in [4.69, 9.17) is 9.47 Å². The van der Waals surface area contributed by atoms with Crippen LogP contribution in [0.1, 0.15) is 70.0 Å². The number of piperazine rings is 1. The number of rotatable bonds is 10. The number of hydrogen-bond acceptors (Lipinski definition) is 12. The van der Waals surface area contributed by atoms with E-state index in [2.05, 4.69) is 30.0 Å². The number of carbonyl (C=O) groups excluding carboxylic acids is 4. The number of hydrogen-bond donors (Lipinski definition) is 3. The Bertz CT molecular complexity index is 2360. The molecule has 0 bridgehead atoms.